The lowest BCUT2D eigenvalue weighted by atomic mass is 10.1. The number of ether oxygens (including phenoxy) is 1. The highest BCUT2D eigenvalue weighted by atomic mass is 35.5. The molecule has 2 aromatic carbocycles. The second kappa shape index (κ2) is 8.99. The Morgan fingerprint density at radius 3 is 2.73 bits per heavy atom. The van der Waals surface area contributed by atoms with Gasteiger partial charge in [-0.05, 0) is 48.4 Å². The van der Waals surface area contributed by atoms with Crippen molar-refractivity contribution < 1.29 is 13.2 Å². The quantitative estimate of drug-likeness (QED) is 0.628. The van der Waals surface area contributed by atoms with E-state index in [-0.39, 0.29) is 17.5 Å². The third-order valence-corrected chi connectivity index (χ3v) is 7.12. The first-order valence-corrected chi connectivity index (χ1v) is 11.7. The molecule has 1 aliphatic heterocycles. The first-order chi connectivity index (χ1) is 14.5. The first-order valence-electron chi connectivity index (χ1n) is 9.87. The topological polar surface area (TPSA) is 71.5 Å². The summed E-state index contributed by atoms with van der Waals surface area (Å²) in [5.41, 5.74) is 2.61. The summed E-state index contributed by atoms with van der Waals surface area (Å²) in [6.45, 7) is 4.87. The molecule has 1 aliphatic rings. The zero-order valence-corrected chi connectivity index (χ0v) is 18.3. The Hall–Kier alpha value is -2.03. The molecule has 1 saturated heterocycles. The van der Waals surface area contributed by atoms with Crippen LogP contribution in [0, 0.1) is 6.92 Å². The van der Waals surface area contributed by atoms with E-state index in [0.717, 1.165) is 24.2 Å². The monoisotopic (exact) mass is 445 g/mol. The minimum absolute atomic E-state index is 0.141. The molecule has 0 aliphatic carbocycles. The van der Waals surface area contributed by atoms with Gasteiger partial charge in [0.25, 0.3) is 0 Å². The fourth-order valence-corrected chi connectivity index (χ4v) is 5.28. The average Bonchev–Trinajstić information content (AvgIpc) is 2.75. The van der Waals surface area contributed by atoms with Crippen molar-refractivity contribution in [2.75, 3.05) is 32.8 Å². The first kappa shape index (κ1) is 21.2. The van der Waals surface area contributed by atoms with E-state index in [1.165, 1.54) is 0 Å². The maximum absolute atomic E-state index is 13.2. The SMILES string of the molecule is Cc1ccc(S(=O)(=O)NCC(c2cccc(Cl)c2)N2CCOCC2)c2cccnc12. The van der Waals surface area contributed by atoms with E-state index in [1.807, 2.05) is 31.2 Å². The molecule has 1 N–H and O–H groups in total. The molecule has 0 radical (unpaired) electrons. The Bertz CT molecular complexity index is 1150. The standard InChI is InChI=1S/C22H24ClN3O3S/c1-16-7-8-21(19-6-3-9-24-22(16)19)30(27,28)25-15-20(26-10-12-29-13-11-26)17-4-2-5-18(23)14-17/h2-9,14,20,25H,10-13,15H2,1H3. The molecule has 1 aromatic heterocycles. The smallest absolute Gasteiger partial charge is 0.241 e. The number of aryl methyl sites for hydroxylation is 1. The molecule has 158 valence electrons. The van der Waals surface area contributed by atoms with E-state index in [4.69, 9.17) is 16.3 Å². The molecule has 1 atom stereocenters. The van der Waals surface area contributed by atoms with Crippen LogP contribution in [0.3, 0.4) is 0 Å². The summed E-state index contributed by atoms with van der Waals surface area (Å²) < 4.78 is 34.8. The van der Waals surface area contributed by atoms with Gasteiger partial charge in [-0.15, -0.1) is 0 Å². The van der Waals surface area contributed by atoms with E-state index in [1.54, 1.807) is 30.5 Å². The lowest BCUT2D eigenvalue weighted by Gasteiger charge is -2.35. The number of sulfonamides is 1. The van der Waals surface area contributed by atoms with Gasteiger partial charge in [-0.1, -0.05) is 29.8 Å². The van der Waals surface area contributed by atoms with Gasteiger partial charge in [0.05, 0.1) is 23.6 Å². The molecule has 0 amide bonds. The Morgan fingerprint density at radius 2 is 1.97 bits per heavy atom. The van der Waals surface area contributed by atoms with Crippen LogP contribution in [-0.4, -0.2) is 51.1 Å². The fourth-order valence-electron chi connectivity index (χ4n) is 3.85. The predicted molar refractivity (Wildman–Crippen MR) is 118 cm³/mol. The van der Waals surface area contributed by atoms with Gasteiger partial charge >= 0.3 is 0 Å². The van der Waals surface area contributed by atoms with E-state index >= 15 is 0 Å². The number of morpholine rings is 1. The van der Waals surface area contributed by atoms with Crippen molar-refractivity contribution >= 4 is 32.5 Å². The van der Waals surface area contributed by atoms with Gasteiger partial charge in [-0.25, -0.2) is 13.1 Å². The van der Waals surface area contributed by atoms with Crippen LogP contribution in [0.25, 0.3) is 10.9 Å². The Kier molecular flexibility index (Phi) is 6.36. The molecule has 30 heavy (non-hydrogen) atoms. The lowest BCUT2D eigenvalue weighted by molar-refractivity contribution is 0.0172. The molecule has 1 unspecified atom stereocenters. The molecular weight excluding hydrogens is 422 g/mol. The summed E-state index contributed by atoms with van der Waals surface area (Å²) in [5.74, 6) is 0. The van der Waals surface area contributed by atoms with Crippen molar-refractivity contribution in [2.24, 2.45) is 0 Å². The van der Waals surface area contributed by atoms with Gasteiger partial charge in [-0.3, -0.25) is 9.88 Å². The summed E-state index contributed by atoms with van der Waals surface area (Å²) in [6.07, 6.45) is 1.67. The maximum Gasteiger partial charge on any atom is 0.241 e. The van der Waals surface area contributed by atoms with Crippen molar-refractivity contribution in [1.82, 2.24) is 14.6 Å². The van der Waals surface area contributed by atoms with Gasteiger partial charge in [-0.2, -0.15) is 0 Å². The number of rotatable bonds is 6. The van der Waals surface area contributed by atoms with Gasteiger partial charge in [0.15, 0.2) is 0 Å². The Labute approximate surface area is 181 Å². The second-order valence-corrected chi connectivity index (χ2v) is 9.52. The summed E-state index contributed by atoms with van der Waals surface area (Å²) in [4.78, 5) is 6.82. The highest BCUT2D eigenvalue weighted by molar-refractivity contribution is 7.89. The molecule has 0 bridgehead atoms. The van der Waals surface area contributed by atoms with Crippen LogP contribution in [0.2, 0.25) is 5.02 Å². The third-order valence-electron chi connectivity index (χ3n) is 5.41. The number of fused-ring (bicyclic) bond motifs is 1. The molecule has 4 rings (SSSR count). The second-order valence-electron chi connectivity index (χ2n) is 7.35. The average molecular weight is 446 g/mol. The van der Waals surface area contributed by atoms with Crippen LogP contribution in [-0.2, 0) is 14.8 Å². The summed E-state index contributed by atoms with van der Waals surface area (Å²) >= 11 is 6.21. The fraction of sp³-hybridized carbons (Fsp3) is 0.318. The van der Waals surface area contributed by atoms with Crippen LogP contribution in [0.15, 0.2) is 59.6 Å². The molecule has 2 heterocycles. The normalized spacial score (nSPS) is 16.6. The number of benzene rings is 2. The van der Waals surface area contributed by atoms with E-state index in [9.17, 15) is 8.42 Å². The van der Waals surface area contributed by atoms with Crippen molar-refractivity contribution in [2.45, 2.75) is 17.9 Å². The van der Waals surface area contributed by atoms with E-state index in [0.29, 0.717) is 29.1 Å². The van der Waals surface area contributed by atoms with Crippen molar-refractivity contribution in [3.63, 3.8) is 0 Å². The predicted octanol–water partition coefficient (Wildman–Crippen LogP) is 3.55. The van der Waals surface area contributed by atoms with Gasteiger partial charge < -0.3 is 4.74 Å². The largest absolute Gasteiger partial charge is 0.379 e. The number of hydrogen-bond donors (Lipinski definition) is 1. The van der Waals surface area contributed by atoms with Gasteiger partial charge in [0.1, 0.15) is 0 Å². The number of aromatic nitrogens is 1. The number of nitrogens with one attached hydrogen (secondary N) is 1. The van der Waals surface area contributed by atoms with Crippen LogP contribution in [0.5, 0.6) is 0 Å². The summed E-state index contributed by atoms with van der Waals surface area (Å²) in [5, 5.41) is 1.25. The zero-order valence-electron chi connectivity index (χ0n) is 16.7. The summed E-state index contributed by atoms with van der Waals surface area (Å²) in [7, 11) is -3.74. The van der Waals surface area contributed by atoms with Crippen LogP contribution >= 0.6 is 11.6 Å². The minimum Gasteiger partial charge on any atom is -0.379 e. The van der Waals surface area contributed by atoms with Crippen LogP contribution < -0.4 is 4.72 Å². The molecule has 0 spiro atoms. The maximum atomic E-state index is 13.2. The Morgan fingerprint density at radius 1 is 1.17 bits per heavy atom. The van der Waals surface area contributed by atoms with Crippen LogP contribution in [0.4, 0.5) is 0 Å². The van der Waals surface area contributed by atoms with Crippen LogP contribution in [0.1, 0.15) is 17.2 Å². The highest BCUT2D eigenvalue weighted by Crippen LogP contribution is 2.27. The Balaban J connectivity index is 1.64. The molecule has 6 nitrogen and oxygen atoms in total. The van der Waals surface area contributed by atoms with Crippen molar-refractivity contribution in [1.29, 1.82) is 0 Å². The van der Waals surface area contributed by atoms with E-state index < -0.39 is 10.0 Å². The van der Waals surface area contributed by atoms with Gasteiger partial charge in [0.2, 0.25) is 10.0 Å². The van der Waals surface area contributed by atoms with Crippen molar-refractivity contribution in [3.05, 3.63) is 70.9 Å². The lowest BCUT2D eigenvalue weighted by Crippen LogP contribution is -2.43. The number of hydrogen-bond acceptors (Lipinski definition) is 5. The molecule has 8 heteroatoms. The highest BCUT2D eigenvalue weighted by Gasteiger charge is 2.26. The molecule has 0 saturated carbocycles. The van der Waals surface area contributed by atoms with Crippen molar-refractivity contribution in [3.8, 4) is 0 Å². The summed E-state index contributed by atoms with van der Waals surface area (Å²) in [6, 6.07) is 14.4. The van der Waals surface area contributed by atoms with Gasteiger partial charge in [0, 0.05) is 42.3 Å². The third kappa shape index (κ3) is 4.50. The number of nitrogens with zero attached hydrogens (tertiary/aromatic N) is 2. The molecule has 1 fully saturated rings. The zero-order chi connectivity index (χ0) is 21.1. The number of pyridine rings is 1. The number of halogens is 1. The molecular formula is C22H24ClN3O3S. The molecule has 3 aromatic rings. The minimum atomic E-state index is -3.74. The van der Waals surface area contributed by atoms with E-state index in [2.05, 4.69) is 14.6 Å².